The van der Waals surface area contributed by atoms with Crippen molar-refractivity contribution in [2.24, 2.45) is 14.1 Å². The van der Waals surface area contributed by atoms with E-state index in [-0.39, 0.29) is 5.56 Å². The van der Waals surface area contributed by atoms with Crippen LogP contribution in [0.5, 0.6) is 0 Å². The Morgan fingerprint density at radius 3 is 2.50 bits per heavy atom. The zero-order valence-corrected chi connectivity index (χ0v) is 14.4. The van der Waals surface area contributed by atoms with Crippen molar-refractivity contribution in [3.63, 3.8) is 0 Å². The molecule has 1 aliphatic rings. The lowest BCUT2D eigenvalue weighted by Gasteiger charge is -2.36. The molecule has 8 nitrogen and oxygen atoms in total. The average molecular weight is 346 g/mol. The van der Waals surface area contributed by atoms with Crippen molar-refractivity contribution < 1.29 is 0 Å². The summed E-state index contributed by atoms with van der Waals surface area (Å²) in [6.45, 7) is 3.66. The Morgan fingerprint density at radius 2 is 1.92 bits per heavy atom. The highest BCUT2D eigenvalue weighted by Gasteiger charge is 2.24. The molecule has 0 atom stereocenters. The van der Waals surface area contributed by atoms with E-state index >= 15 is 0 Å². The SMILES string of the molecule is Cn1c(N2CCN(Cc3cscn3)CC2)c(C#N)c(=O)n(C)c1=O. The zero-order valence-electron chi connectivity index (χ0n) is 13.6. The quantitative estimate of drug-likeness (QED) is 0.761. The van der Waals surface area contributed by atoms with Crippen LogP contribution in [-0.2, 0) is 20.6 Å². The van der Waals surface area contributed by atoms with Gasteiger partial charge in [0.25, 0.3) is 5.56 Å². The number of aromatic nitrogens is 3. The van der Waals surface area contributed by atoms with Crippen LogP contribution in [0, 0.1) is 11.3 Å². The standard InChI is InChI=1S/C15H18N6O2S/c1-18-13(12(7-16)14(22)19(2)15(18)23)21-5-3-20(4-6-21)8-11-9-24-10-17-11/h9-10H,3-6,8H2,1-2H3. The third kappa shape index (κ3) is 2.86. The number of rotatable bonds is 3. The van der Waals surface area contributed by atoms with E-state index in [1.54, 1.807) is 18.4 Å². The van der Waals surface area contributed by atoms with Gasteiger partial charge in [0.1, 0.15) is 11.9 Å². The van der Waals surface area contributed by atoms with E-state index < -0.39 is 11.2 Å². The molecule has 0 aliphatic carbocycles. The molecule has 2 aromatic rings. The third-order valence-electron chi connectivity index (χ3n) is 4.29. The summed E-state index contributed by atoms with van der Waals surface area (Å²) in [5.74, 6) is 0.416. The Morgan fingerprint density at radius 1 is 1.21 bits per heavy atom. The van der Waals surface area contributed by atoms with Gasteiger partial charge in [-0.2, -0.15) is 5.26 Å². The fourth-order valence-corrected chi connectivity index (χ4v) is 3.51. The highest BCUT2D eigenvalue weighted by molar-refractivity contribution is 7.07. The minimum Gasteiger partial charge on any atom is -0.354 e. The van der Waals surface area contributed by atoms with Gasteiger partial charge in [0.15, 0.2) is 5.56 Å². The largest absolute Gasteiger partial charge is 0.354 e. The van der Waals surface area contributed by atoms with Gasteiger partial charge in [-0.15, -0.1) is 11.3 Å². The van der Waals surface area contributed by atoms with Crippen LogP contribution in [0.3, 0.4) is 0 Å². The smallest absolute Gasteiger partial charge is 0.332 e. The Balaban J connectivity index is 1.83. The molecule has 0 radical (unpaired) electrons. The van der Waals surface area contributed by atoms with Crippen LogP contribution in [0.4, 0.5) is 5.82 Å². The Kier molecular flexibility index (Phi) is 4.51. The fourth-order valence-electron chi connectivity index (χ4n) is 2.96. The maximum atomic E-state index is 12.2. The van der Waals surface area contributed by atoms with Crippen molar-refractivity contribution >= 4 is 17.2 Å². The maximum absolute atomic E-state index is 12.2. The van der Waals surface area contributed by atoms with Crippen molar-refractivity contribution in [3.05, 3.63) is 43.0 Å². The number of anilines is 1. The van der Waals surface area contributed by atoms with Crippen LogP contribution < -0.4 is 16.1 Å². The first-order chi connectivity index (χ1) is 11.5. The van der Waals surface area contributed by atoms with Crippen LogP contribution in [0.15, 0.2) is 20.5 Å². The molecule has 0 bridgehead atoms. The molecule has 9 heteroatoms. The van der Waals surface area contributed by atoms with E-state index in [4.69, 9.17) is 0 Å². The molecular formula is C15H18N6O2S. The maximum Gasteiger partial charge on any atom is 0.332 e. The summed E-state index contributed by atoms with van der Waals surface area (Å²) in [6.07, 6.45) is 0. The van der Waals surface area contributed by atoms with Gasteiger partial charge >= 0.3 is 5.69 Å². The monoisotopic (exact) mass is 346 g/mol. The van der Waals surface area contributed by atoms with E-state index in [9.17, 15) is 14.9 Å². The number of hydrogen-bond donors (Lipinski definition) is 0. The molecule has 0 spiro atoms. The van der Waals surface area contributed by atoms with Crippen molar-refractivity contribution in [1.29, 1.82) is 5.26 Å². The van der Waals surface area contributed by atoms with Crippen molar-refractivity contribution in [2.45, 2.75) is 6.54 Å². The molecule has 0 unspecified atom stereocenters. The van der Waals surface area contributed by atoms with Crippen molar-refractivity contribution in [1.82, 2.24) is 19.0 Å². The second kappa shape index (κ2) is 6.59. The highest BCUT2D eigenvalue weighted by Crippen LogP contribution is 2.18. The van der Waals surface area contributed by atoms with E-state index in [1.165, 1.54) is 11.6 Å². The predicted octanol–water partition coefficient (Wildman–Crippen LogP) is -0.266. The van der Waals surface area contributed by atoms with Crippen molar-refractivity contribution in [2.75, 3.05) is 31.1 Å². The van der Waals surface area contributed by atoms with E-state index in [0.29, 0.717) is 18.9 Å². The topological polar surface area (TPSA) is 87.2 Å². The minimum atomic E-state index is -0.541. The van der Waals surface area contributed by atoms with Gasteiger partial charge in [-0.25, -0.2) is 9.78 Å². The van der Waals surface area contributed by atoms with Gasteiger partial charge in [-0.1, -0.05) is 0 Å². The Bertz CT molecular complexity index is 884. The number of hydrogen-bond acceptors (Lipinski definition) is 7. The fraction of sp³-hybridized carbons (Fsp3) is 0.467. The molecule has 1 aliphatic heterocycles. The highest BCUT2D eigenvalue weighted by atomic mass is 32.1. The van der Waals surface area contributed by atoms with Gasteiger partial charge < -0.3 is 4.90 Å². The predicted molar refractivity (Wildman–Crippen MR) is 91.2 cm³/mol. The summed E-state index contributed by atoms with van der Waals surface area (Å²) in [6, 6.07) is 1.96. The summed E-state index contributed by atoms with van der Waals surface area (Å²) < 4.78 is 2.36. The molecule has 0 aromatic carbocycles. The summed E-state index contributed by atoms with van der Waals surface area (Å²) in [4.78, 5) is 32.9. The molecular weight excluding hydrogens is 328 g/mol. The lowest BCUT2D eigenvalue weighted by molar-refractivity contribution is 0.246. The molecule has 3 heterocycles. The molecule has 1 saturated heterocycles. The van der Waals surface area contributed by atoms with Gasteiger partial charge in [0.05, 0.1) is 11.2 Å². The van der Waals surface area contributed by atoms with Gasteiger partial charge in [0.2, 0.25) is 0 Å². The van der Waals surface area contributed by atoms with Crippen molar-refractivity contribution in [3.8, 4) is 6.07 Å². The Labute approximate surface area is 142 Å². The van der Waals surface area contributed by atoms with Gasteiger partial charge in [0, 0.05) is 52.2 Å². The summed E-state index contributed by atoms with van der Waals surface area (Å²) >= 11 is 1.58. The molecule has 1 fully saturated rings. The van der Waals surface area contributed by atoms with Gasteiger partial charge in [-0.05, 0) is 0 Å². The van der Waals surface area contributed by atoms with Crippen LogP contribution in [0.25, 0.3) is 0 Å². The van der Waals surface area contributed by atoms with E-state index in [1.807, 2.05) is 21.9 Å². The second-order valence-corrected chi connectivity index (χ2v) is 6.48. The first kappa shape index (κ1) is 16.4. The van der Waals surface area contributed by atoms with Crippen LogP contribution >= 0.6 is 11.3 Å². The molecule has 0 amide bonds. The first-order valence-electron chi connectivity index (χ1n) is 7.57. The first-order valence-corrected chi connectivity index (χ1v) is 8.51. The molecule has 0 N–H and O–H groups in total. The summed E-state index contributed by atoms with van der Waals surface area (Å²) in [7, 11) is 2.99. The number of piperazine rings is 1. The second-order valence-electron chi connectivity index (χ2n) is 5.76. The average Bonchev–Trinajstić information content (AvgIpc) is 3.10. The van der Waals surface area contributed by atoms with E-state index in [0.717, 1.165) is 29.9 Å². The Hall–Kier alpha value is -2.44. The lowest BCUT2D eigenvalue weighted by atomic mass is 10.2. The zero-order chi connectivity index (χ0) is 17.3. The van der Waals surface area contributed by atoms with Gasteiger partial charge in [-0.3, -0.25) is 18.8 Å². The van der Waals surface area contributed by atoms with E-state index in [2.05, 4.69) is 9.88 Å². The van der Waals surface area contributed by atoms with Crippen LogP contribution in [0.1, 0.15) is 11.3 Å². The lowest BCUT2D eigenvalue weighted by Crippen LogP contribution is -2.50. The molecule has 126 valence electrons. The molecule has 24 heavy (non-hydrogen) atoms. The number of nitrogens with zero attached hydrogens (tertiary/aromatic N) is 6. The third-order valence-corrected chi connectivity index (χ3v) is 4.92. The van der Waals surface area contributed by atoms with Crippen LogP contribution in [-0.4, -0.2) is 45.2 Å². The van der Waals surface area contributed by atoms with Crippen LogP contribution in [0.2, 0.25) is 0 Å². The minimum absolute atomic E-state index is 0.0209. The molecule has 0 saturated carbocycles. The normalized spacial score (nSPS) is 15.5. The summed E-state index contributed by atoms with van der Waals surface area (Å²) in [5, 5.41) is 11.4. The molecule has 3 rings (SSSR count). The summed E-state index contributed by atoms with van der Waals surface area (Å²) in [5.41, 5.74) is 1.93. The molecule has 2 aromatic heterocycles. The number of nitriles is 1. The number of thiazole rings is 1.